The van der Waals surface area contributed by atoms with Crippen LogP contribution in [0, 0.1) is 13.8 Å². The maximum atomic E-state index is 11.4. The van der Waals surface area contributed by atoms with E-state index in [4.69, 9.17) is 0 Å². The van der Waals surface area contributed by atoms with Crippen LogP contribution in [-0.2, 0) is 9.84 Å². The van der Waals surface area contributed by atoms with Crippen LogP contribution in [0.2, 0.25) is 0 Å². The molecule has 0 aliphatic rings. The fraction of sp³-hybridized carbons (Fsp3) is 0.250. The van der Waals surface area contributed by atoms with E-state index in [1.807, 2.05) is 32.0 Å². The summed E-state index contributed by atoms with van der Waals surface area (Å²) in [6.45, 7) is 3.96. The standard InChI is InChI=1S/C16H18O3S/c1-11-8-12(2)10-14(9-11)16(17)13-4-6-15(7-5-13)20(3,18)19/h4-10,16-17H,1-3H3. The third-order valence-corrected chi connectivity index (χ3v) is 4.31. The van der Waals surface area contributed by atoms with Crippen molar-refractivity contribution >= 4 is 9.84 Å². The number of aryl methyl sites for hydroxylation is 2. The Kier molecular flexibility index (Phi) is 3.97. The smallest absolute Gasteiger partial charge is 0.175 e. The first-order valence-electron chi connectivity index (χ1n) is 6.33. The molecule has 2 aromatic rings. The zero-order valence-corrected chi connectivity index (χ0v) is 12.6. The van der Waals surface area contributed by atoms with Gasteiger partial charge in [0.2, 0.25) is 0 Å². The average Bonchev–Trinajstić information content (AvgIpc) is 2.36. The Morgan fingerprint density at radius 2 is 1.40 bits per heavy atom. The maximum absolute atomic E-state index is 11.4. The van der Waals surface area contributed by atoms with Gasteiger partial charge in [0.1, 0.15) is 6.10 Å². The number of benzene rings is 2. The molecule has 2 rings (SSSR count). The SMILES string of the molecule is Cc1cc(C)cc(C(O)c2ccc(S(C)(=O)=O)cc2)c1. The summed E-state index contributed by atoms with van der Waals surface area (Å²) in [6, 6.07) is 12.3. The maximum Gasteiger partial charge on any atom is 0.175 e. The highest BCUT2D eigenvalue weighted by Crippen LogP contribution is 2.24. The van der Waals surface area contributed by atoms with Crippen molar-refractivity contribution in [1.82, 2.24) is 0 Å². The minimum absolute atomic E-state index is 0.258. The number of aliphatic hydroxyl groups is 1. The summed E-state index contributed by atoms with van der Waals surface area (Å²) in [6.07, 6.45) is 0.421. The largest absolute Gasteiger partial charge is 0.384 e. The monoisotopic (exact) mass is 290 g/mol. The number of aliphatic hydroxyl groups excluding tert-OH is 1. The summed E-state index contributed by atoms with van der Waals surface area (Å²) in [5.74, 6) is 0. The summed E-state index contributed by atoms with van der Waals surface area (Å²) < 4.78 is 22.8. The van der Waals surface area contributed by atoms with Crippen LogP contribution >= 0.6 is 0 Å². The molecule has 106 valence electrons. The van der Waals surface area contributed by atoms with Crippen molar-refractivity contribution in [3.05, 3.63) is 64.7 Å². The second-order valence-electron chi connectivity index (χ2n) is 5.16. The van der Waals surface area contributed by atoms with E-state index < -0.39 is 15.9 Å². The fourth-order valence-corrected chi connectivity index (χ4v) is 2.89. The Labute approximate surface area is 119 Å². The van der Waals surface area contributed by atoms with E-state index >= 15 is 0 Å². The van der Waals surface area contributed by atoms with E-state index in [0.29, 0.717) is 5.56 Å². The van der Waals surface area contributed by atoms with Gasteiger partial charge in [-0.2, -0.15) is 0 Å². The highest BCUT2D eigenvalue weighted by molar-refractivity contribution is 7.90. The van der Waals surface area contributed by atoms with Crippen molar-refractivity contribution in [1.29, 1.82) is 0 Å². The van der Waals surface area contributed by atoms with Crippen LogP contribution in [0.3, 0.4) is 0 Å². The van der Waals surface area contributed by atoms with Gasteiger partial charge >= 0.3 is 0 Å². The molecule has 0 fully saturated rings. The Morgan fingerprint density at radius 1 is 0.900 bits per heavy atom. The molecule has 0 saturated heterocycles. The molecule has 0 heterocycles. The van der Waals surface area contributed by atoms with E-state index in [9.17, 15) is 13.5 Å². The van der Waals surface area contributed by atoms with Crippen LogP contribution in [0.25, 0.3) is 0 Å². The van der Waals surface area contributed by atoms with E-state index in [2.05, 4.69) is 0 Å². The molecule has 0 aliphatic carbocycles. The van der Waals surface area contributed by atoms with E-state index in [1.54, 1.807) is 12.1 Å². The zero-order valence-electron chi connectivity index (χ0n) is 11.8. The van der Waals surface area contributed by atoms with E-state index in [1.165, 1.54) is 18.4 Å². The van der Waals surface area contributed by atoms with Gasteiger partial charge in [0.25, 0.3) is 0 Å². The molecular formula is C16H18O3S. The molecule has 0 aromatic heterocycles. The molecule has 3 nitrogen and oxygen atoms in total. The average molecular weight is 290 g/mol. The van der Waals surface area contributed by atoms with Crippen LogP contribution in [0.1, 0.15) is 28.4 Å². The normalized spacial score (nSPS) is 13.2. The fourth-order valence-electron chi connectivity index (χ4n) is 2.26. The van der Waals surface area contributed by atoms with Crippen LogP contribution in [0.4, 0.5) is 0 Å². The van der Waals surface area contributed by atoms with Crippen molar-refractivity contribution < 1.29 is 13.5 Å². The first-order valence-corrected chi connectivity index (χ1v) is 8.23. The second-order valence-corrected chi connectivity index (χ2v) is 7.18. The van der Waals surface area contributed by atoms with Gasteiger partial charge in [-0.15, -0.1) is 0 Å². The zero-order chi connectivity index (χ0) is 14.9. The molecule has 20 heavy (non-hydrogen) atoms. The Hall–Kier alpha value is -1.65. The summed E-state index contributed by atoms with van der Waals surface area (Å²) in [7, 11) is -3.20. The molecule has 0 spiro atoms. The molecular weight excluding hydrogens is 272 g/mol. The second kappa shape index (κ2) is 5.38. The third-order valence-electron chi connectivity index (χ3n) is 3.18. The topological polar surface area (TPSA) is 54.4 Å². The van der Waals surface area contributed by atoms with E-state index in [0.717, 1.165) is 16.7 Å². The number of rotatable bonds is 3. The van der Waals surface area contributed by atoms with Gasteiger partial charge in [0.05, 0.1) is 4.90 Å². The Balaban J connectivity index is 2.36. The van der Waals surface area contributed by atoms with Crippen LogP contribution in [-0.4, -0.2) is 19.8 Å². The van der Waals surface area contributed by atoms with Gasteiger partial charge in [0.15, 0.2) is 9.84 Å². The summed E-state index contributed by atoms with van der Waals surface area (Å²) in [5, 5.41) is 10.4. The molecule has 0 aliphatic heterocycles. The highest BCUT2D eigenvalue weighted by Gasteiger charge is 2.13. The highest BCUT2D eigenvalue weighted by atomic mass is 32.2. The molecule has 0 bridgehead atoms. The predicted molar refractivity (Wildman–Crippen MR) is 79.5 cm³/mol. The number of hydrogen-bond donors (Lipinski definition) is 1. The lowest BCUT2D eigenvalue weighted by Crippen LogP contribution is -2.02. The van der Waals surface area contributed by atoms with Crippen LogP contribution in [0.5, 0.6) is 0 Å². The first kappa shape index (κ1) is 14.8. The van der Waals surface area contributed by atoms with Crippen molar-refractivity contribution in [2.75, 3.05) is 6.26 Å². The van der Waals surface area contributed by atoms with Gasteiger partial charge < -0.3 is 5.11 Å². The lowest BCUT2D eigenvalue weighted by Gasteiger charge is -2.13. The van der Waals surface area contributed by atoms with Gasteiger partial charge in [0, 0.05) is 6.26 Å². The van der Waals surface area contributed by atoms with Crippen molar-refractivity contribution in [3.63, 3.8) is 0 Å². The van der Waals surface area contributed by atoms with Crippen molar-refractivity contribution in [2.24, 2.45) is 0 Å². The Morgan fingerprint density at radius 3 is 1.85 bits per heavy atom. The first-order chi connectivity index (χ1) is 9.27. The van der Waals surface area contributed by atoms with Crippen LogP contribution in [0.15, 0.2) is 47.4 Å². The number of sulfone groups is 1. The molecule has 0 amide bonds. The molecule has 0 saturated carbocycles. The minimum atomic E-state index is -3.20. The lowest BCUT2D eigenvalue weighted by molar-refractivity contribution is 0.220. The summed E-state index contributed by atoms with van der Waals surface area (Å²) in [5.41, 5.74) is 3.68. The lowest BCUT2D eigenvalue weighted by atomic mass is 9.98. The predicted octanol–water partition coefficient (Wildman–Crippen LogP) is 2.79. The quantitative estimate of drug-likeness (QED) is 0.945. The van der Waals surface area contributed by atoms with E-state index in [-0.39, 0.29) is 4.90 Å². The minimum Gasteiger partial charge on any atom is -0.384 e. The number of hydrogen-bond acceptors (Lipinski definition) is 3. The van der Waals surface area contributed by atoms with Crippen molar-refractivity contribution in [3.8, 4) is 0 Å². The summed E-state index contributed by atoms with van der Waals surface area (Å²) in [4.78, 5) is 0.258. The summed E-state index contributed by atoms with van der Waals surface area (Å²) >= 11 is 0. The van der Waals surface area contributed by atoms with Gasteiger partial charge in [-0.3, -0.25) is 0 Å². The molecule has 1 N–H and O–H groups in total. The molecule has 2 aromatic carbocycles. The Bertz CT molecular complexity index is 696. The van der Waals surface area contributed by atoms with Crippen LogP contribution < -0.4 is 0 Å². The van der Waals surface area contributed by atoms with Gasteiger partial charge in [-0.25, -0.2) is 8.42 Å². The molecule has 1 atom stereocenters. The van der Waals surface area contributed by atoms with Crippen molar-refractivity contribution in [2.45, 2.75) is 24.8 Å². The van der Waals surface area contributed by atoms with Gasteiger partial charge in [-0.05, 0) is 37.1 Å². The third kappa shape index (κ3) is 3.26. The molecule has 4 heteroatoms. The molecule has 1 unspecified atom stereocenters. The van der Waals surface area contributed by atoms with Gasteiger partial charge in [-0.1, -0.05) is 41.5 Å². The molecule has 0 radical (unpaired) electrons.